The number of carbonyl (C=O) groups excluding carboxylic acids is 2. The third-order valence-corrected chi connectivity index (χ3v) is 6.88. The Balaban J connectivity index is 1.67. The van der Waals surface area contributed by atoms with Crippen molar-refractivity contribution in [2.45, 2.75) is 45.8 Å². The smallest absolute Gasteiger partial charge is 0.301 e. The first-order chi connectivity index (χ1) is 15.9. The summed E-state index contributed by atoms with van der Waals surface area (Å²) in [6, 6.07) is 12.3. The minimum atomic E-state index is -0.799. The summed E-state index contributed by atoms with van der Waals surface area (Å²) in [4.78, 5) is 27.7. The number of fused-ring (bicyclic) bond motifs is 1. The molecule has 2 aliphatic heterocycles. The van der Waals surface area contributed by atoms with Crippen LogP contribution in [0.3, 0.4) is 0 Å². The summed E-state index contributed by atoms with van der Waals surface area (Å²) in [5.41, 5.74) is 3.34. The van der Waals surface area contributed by atoms with Crippen LogP contribution in [0.1, 0.15) is 47.2 Å². The number of aliphatic hydroxyl groups excluding tert-OH is 1. The Bertz CT molecular complexity index is 1300. The monoisotopic (exact) mass is 461 g/mol. The molecule has 2 aromatic carbocycles. The van der Waals surface area contributed by atoms with Crippen molar-refractivity contribution in [2.75, 3.05) is 4.90 Å². The van der Waals surface area contributed by atoms with Gasteiger partial charge in [0.25, 0.3) is 5.78 Å². The van der Waals surface area contributed by atoms with Crippen LogP contribution in [0.4, 0.5) is 5.13 Å². The molecule has 1 saturated heterocycles. The predicted octanol–water partition coefficient (Wildman–Crippen LogP) is 4.36. The molecule has 2 aliphatic rings. The van der Waals surface area contributed by atoms with E-state index >= 15 is 0 Å². The van der Waals surface area contributed by atoms with Gasteiger partial charge >= 0.3 is 5.91 Å². The number of ketones is 1. The molecule has 0 saturated carbocycles. The van der Waals surface area contributed by atoms with Crippen LogP contribution in [0.2, 0.25) is 0 Å². The lowest BCUT2D eigenvalue weighted by Crippen LogP contribution is -2.29. The first kappa shape index (κ1) is 21.3. The van der Waals surface area contributed by atoms with E-state index in [4.69, 9.17) is 4.74 Å². The predicted molar refractivity (Wildman–Crippen MR) is 125 cm³/mol. The number of anilines is 1. The van der Waals surface area contributed by atoms with E-state index in [1.54, 1.807) is 19.1 Å². The van der Waals surface area contributed by atoms with Gasteiger partial charge in [0.1, 0.15) is 22.6 Å². The lowest BCUT2D eigenvalue weighted by Gasteiger charge is -2.22. The average molecular weight is 462 g/mol. The molecule has 8 heteroatoms. The number of hydrogen-bond donors (Lipinski definition) is 1. The van der Waals surface area contributed by atoms with Crippen molar-refractivity contribution in [1.29, 1.82) is 0 Å². The minimum absolute atomic E-state index is 0.0454. The second-order valence-electron chi connectivity index (χ2n) is 8.32. The van der Waals surface area contributed by atoms with Crippen LogP contribution in [-0.2, 0) is 22.4 Å². The highest BCUT2D eigenvalue weighted by molar-refractivity contribution is 7.15. The SMILES string of the molecule is CCc1ccc([C@@H]2C(=C(O)c3ccc4c(c3)C[C@@H](C)O4)C(=O)C(=O)N2c2nnc(C)s2)cc1. The maximum absolute atomic E-state index is 13.2. The van der Waals surface area contributed by atoms with Gasteiger partial charge in [-0.3, -0.25) is 14.5 Å². The maximum atomic E-state index is 13.2. The fraction of sp³-hybridized carbons (Fsp3) is 0.280. The minimum Gasteiger partial charge on any atom is -0.507 e. The zero-order valence-electron chi connectivity index (χ0n) is 18.5. The molecule has 168 valence electrons. The highest BCUT2D eigenvalue weighted by atomic mass is 32.1. The Labute approximate surface area is 195 Å². The van der Waals surface area contributed by atoms with Gasteiger partial charge in [0.05, 0.1) is 11.6 Å². The Morgan fingerprint density at radius 3 is 2.61 bits per heavy atom. The van der Waals surface area contributed by atoms with Gasteiger partial charge in [-0.05, 0) is 55.2 Å². The van der Waals surface area contributed by atoms with E-state index in [0.29, 0.717) is 15.7 Å². The highest BCUT2D eigenvalue weighted by Crippen LogP contribution is 2.43. The molecule has 1 amide bonds. The zero-order chi connectivity index (χ0) is 23.3. The van der Waals surface area contributed by atoms with Crippen molar-refractivity contribution in [3.05, 3.63) is 75.3 Å². The van der Waals surface area contributed by atoms with E-state index in [2.05, 4.69) is 17.1 Å². The quantitative estimate of drug-likeness (QED) is 0.353. The molecule has 0 bridgehead atoms. The molecule has 0 aliphatic carbocycles. The van der Waals surface area contributed by atoms with Gasteiger partial charge in [0.2, 0.25) is 5.13 Å². The standard InChI is InChI=1S/C25H23N3O4S/c1-4-15-5-7-16(8-6-15)21-20(23(30)24(31)28(21)25-27-26-14(3)33-25)22(29)17-9-10-19-18(12-17)11-13(2)32-19/h5-10,12-13,21,29H,4,11H2,1-3H3/t13-,21-/m1/s1. The Kier molecular flexibility index (Phi) is 5.25. The topological polar surface area (TPSA) is 92.6 Å². The molecule has 2 atom stereocenters. The first-order valence-electron chi connectivity index (χ1n) is 10.9. The van der Waals surface area contributed by atoms with Gasteiger partial charge in [-0.25, -0.2) is 0 Å². The molecular formula is C25H23N3O4S. The number of rotatable bonds is 4. The fourth-order valence-electron chi connectivity index (χ4n) is 4.39. The second-order valence-corrected chi connectivity index (χ2v) is 9.48. The average Bonchev–Trinajstić information content (AvgIpc) is 3.48. The number of aromatic nitrogens is 2. The van der Waals surface area contributed by atoms with Crippen LogP contribution in [0.15, 0.2) is 48.0 Å². The molecule has 7 nitrogen and oxygen atoms in total. The van der Waals surface area contributed by atoms with E-state index in [9.17, 15) is 14.7 Å². The summed E-state index contributed by atoms with van der Waals surface area (Å²) >= 11 is 1.23. The van der Waals surface area contributed by atoms with Crippen LogP contribution in [0.5, 0.6) is 5.75 Å². The van der Waals surface area contributed by atoms with Gasteiger partial charge in [-0.2, -0.15) is 0 Å². The summed E-state index contributed by atoms with van der Waals surface area (Å²) in [6.07, 6.45) is 1.64. The first-order valence-corrected chi connectivity index (χ1v) is 11.7. The van der Waals surface area contributed by atoms with E-state index in [1.165, 1.54) is 16.2 Å². The summed E-state index contributed by atoms with van der Waals surface area (Å²) in [5, 5.41) is 20.5. The molecular weight excluding hydrogens is 438 g/mol. The number of ether oxygens (including phenoxy) is 1. The normalized spacial score (nSPS) is 21.4. The summed E-state index contributed by atoms with van der Waals surface area (Å²) in [7, 11) is 0. The Morgan fingerprint density at radius 2 is 1.94 bits per heavy atom. The molecule has 33 heavy (non-hydrogen) atoms. The van der Waals surface area contributed by atoms with Crippen LogP contribution >= 0.6 is 11.3 Å². The lowest BCUT2D eigenvalue weighted by atomic mass is 9.94. The molecule has 1 fully saturated rings. The largest absolute Gasteiger partial charge is 0.507 e. The number of carbonyl (C=O) groups is 2. The summed E-state index contributed by atoms with van der Waals surface area (Å²) in [5.74, 6) is -0.898. The molecule has 0 radical (unpaired) electrons. The van der Waals surface area contributed by atoms with Crippen molar-refractivity contribution >= 4 is 33.9 Å². The Morgan fingerprint density at radius 1 is 1.18 bits per heavy atom. The van der Waals surface area contributed by atoms with Crippen molar-refractivity contribution in [1.82, 2.24) is 10.2 Å². The van der Waals surface area contributed by atoms with Crippen LogP contribution < -0.4 is 9.64 Å². The van der Waals surface area contributed by atoms with Gasteiger partial charge < -0.3 is 9.84 Å². The third kappa shape index (κ3) is 3.60. The lowest BCUT2D eigenvalue weighted by molar-refractivity contribution is -0.132. The molecule has 5 rings (SSSR count). The molecule has 0 unspecified atom stereocenters. The van der Waals surface area contributed by atoms with Crippen molar-refractivity contribution in [3.8, 4) is 5.75 Å². The number of aryl methyl sites for hydroxylation is 2. The van der Waals surface area contributed by atoms with Gasteiger partial charge in [-0.15, -0.1) is 10.2 Å². The van der Waals surface area contributed by atoms with E-state index in [0.717, 1.165) is 35.3 Å². The van der Waals surface area contributed by atoms with E-state index in [-0.39, 0.29) is 17.4 Å². The zero-order valence-corrected chi connectivity index (χ0v) is 19.3. The number of benzene rings is 2. The van der Waals surface area contributed by atoms with Crippen molar-refractivity contribution in [2.24, 2.45) is 0 Å². The molecule has 3 heterocycles. The van der Waals surface area contributed by atoms with E-state index < -0.39 is 17.7 Å². The maximum Gasteiger partial charge on any atom is 0.301 e. The van der Waals surface area contributed by atoms with Crippen LogP contribution in [0, 0.1) is 6.92 Å². The summed E-state index contributed by atoms with van der Waals surface area (Å²) < 4.78 is 5.75. The Hall–Kier alpha value is -3.52. The van der Waals surface area contributed by atoms with Crippen LogP contribution in [-0.4, -0.2) is 33.1 Å². The number of amides is 1. The van der Waals surface area contributed by atoms with Gasteiger partial charge in [-0.1, -0.05) is 42.5 Å². The molecule has 1 N–H and O–H groups in total. The van der Waals surface area contributed by atoms with Crippen molar-refractivity contribution < 1.29 is 19.4 Å². The molecule has 0 spiro atoms. The molecule has 1 aromatic heterocycles. The summed E-state index contributed by atoms with van der Waals surface area (Å²) in [6.45, 7) is 5.83. The van der Waals surface area contributed by atoms with Gasteiger partial charge in [0.15, 0.2) is 0 Å². The number of Topliss-reactive ketones (excluding diaryl/α,β-unsaturated/α-hetero) is 1. The molecule has 3 aromatic rings. The van der Waals surface area contributed by atoms with Gasteiger partial charge in [0, 0.05) is 12.0 Å². The highest BCUT2D eigenvalue weighted by Gasteiger charge is 2.48. The fourth-order valence-corrected chi connectivity index (χ4v) is 5.10. The number of aliphatic hydroxyl groups is 1. The van der Waals surface area contributed by atoms with Crippen molar-refractivity contribution in [3.63, 3.8) is 0 Å². The number of hydrogen-bond acceptors (Lipinski definition) is 7. The van der Waals surface area contributed by atoms with E-state index in [1.807, 2.05) is 37.3 Å². The third-order valence-electron chi connectivity index (χ3n) is 6.04. The number of nitrogens with zero attached hydrogens (tertiary/aromatic N) is 3. The van der Waals surface area contributed by atoms with Crippen LogP contribution in [0.25, 0.3) is 5.76 Å². The second kappa shape index (κ2) is 8.12.